The van der Waals surface area contributed by atoms with Gasteiger partial charge in [0.2, 0.25) is 0 Å². The molecule has 0 spiro atoms. The molecule has 0 saturated carbocycles. The Balaban J connectivity index is 1.36. The first-order chi connectivity index (χ1) is 16.8. The Bertz CT molecular complexity index is 1320. The Hall–Kier alpha value is -4.14. The molecule has 182 valence electrons. The highest BCUT2D eigenvalue weighted by Crippen LogP contribution is 2.30. The number of amides is 1. The standard InChI is InChI=1S/C26H25F2N3O4/c1-17-5-4-12-31-15-20(29-24(17)31)16-34-21-9-7-19(8-10-21)25(32)30(2)14-18-6-11-22(35-26(27)28)23(13-18)33-3/h4-13,15,26H,14,16H2,1-3H3. The minimum absolute atomic E-state index is 0.0606. The predicted molar refractivity (Wildman–Crippen MR) is 126 cm³/mol. The van der Waals surface area contributed by atoms with Crippen LogP contribution in [-0.4, -0.2) is 41.0 Å². The van der Waals surface area contributed by atoms with Gasteiger partial charge in [-0.25, -0.2) is 4.98 Å². The Labute approximate surface area is 201 Å². The van der Waals surface area contributed by atoms with Gasteiger partial charge < -0.3 is 23.5 Å². The van der Waals surface area contributed by atoms with Crippen molar-refractivity contribution in [2.24, 2.45) is 0 Å². The molecule has 1 amide bonds. The van der Waals surface area contributed by atoms with E-state index < -0.39 is 6.61 Å². The zero-order chi connectivity index (χ0) is 24.9. The molecule has 0 fully saturated rings. The molecule has 4 rings (SSSR count). The van der Waals surface area contributed by atoms with Crippen molar-refractivity contribution in [3.05, 3.63) is 89.4 Å². The van der Waals surface area contributed by atoms with Gasteiger partial charge in [0, 0.05) is 31.5 Å². The smallest absolute Gasteiger partial charge is 0.387 e. The number of benzene rings is 2. The number of ether oxygens (including phenoxy) is 3. The van der Waals surface area contributed by atoms with Crippen molar-refractivity contribution in [1.29, 1.82) is 0 Å². The molecular weight excluding hydrogens is 456 g/mol. The molecule has 7 nitrogen and oxygen atoms in total. The minimum Gasteiger partial charge on any atom is -0.493 e. The Morgan fingerprint density at radius 1 is 1.11 bits per heavy atom. The number of carbonyl (C=O) groups excluding carboxylic acids is 1. The molecule has 2 aromatic heterocycles. The second-order valence-electron chi connectivity index (χ2n) is 7.99. The molecule has 0 saturated heterocycles. The van der Waals surface area contributed by atoms with Crippen LogP contribution >= 0.6 is 0 Å². The summed E-state index contributed by atoms with van der Waals surface area (Å²) >= 11 is 0. The van der Waals surface area contributed by atoms with Crippen LogP contribution in [0.1, 0.15) is 27.2 Å². The van der Waals surface area contributed by atoms with E-state index in [9.17, 15) is 13.6 Å². The van der Waals surface area contributed by atoms with Crippen molar-refractivity contribution in [2.75, 3.05) is 14.2 Å². The number of alkyl halides is 2. The maximum Gasteiger partial charge on any atom is 0.387 e. The van der Waals surface area contributed by atoms with Crippen LogP contribution in [0.4, 0.5) is 8.78 Å². The molecule has 0 radical (unpaired) electrons. The molecule has 0 aliphatic rings. The average molecular weight is 481 g/mol. The van der Waals surface area contributed by atoms with Gasteiger partial charge >= 0.3 is 6.61 Å². The summed E-state index contributed by atoms with van der Waals surface area (Å²) in [7, 11) is 3.03. The third-order valence-electron chi connectivity index (χ3n) is 5.43. The second-order valence-corrected chi connectivity index (χ2v) is 7.99. The van der Waals surface area contributed by atoms with E-state index in [4.69, 9.17) is 9.47 Å². The highest BCUT2D eigenvalue weighted by molar-refractivity contribution is 5.94. The lowest BCUT2D eigenvalue weighted by Crippen LogP contribution is -2.26. The van der Waals surface area contributed by atoms with Gasteiger partial charge in [0.1, 0.15) is 18.0 Å². The molecule has 0 bridgehead atoms. The molecule has 0 aliphatic heterocycles. The number of imidazole rings is 1. The van der Waals surface area contributed by atoms with Crippen LogP contribution in [0, 0.1) is 6.92 Å². The third-order valence-corrected chi connectivity index (χ3v) is 5.43. The molecule has 35 heavy (non-hydrogen) atoms. The Kier molecular flexibility index (Phi) is 7.14. The predicted octanol–water partition coefficient (Wildman–Crippen LogP) is 5.10. The highest BCUT2D eigenvalue weighted by Gasteiger charge is 2.15. The first kappa shape index (κ1) is 24.0. The van der Waals surface area contributed by atoms with Gasteiger partial charge in [-0.2, -0.15) is 8.78 Å². The van der Waals surface area contributed by atoms with Crippen LogP contribution < -0.4 is 14.2 Å². The fourth-order valence-corrected chi connectivity index (χ4v) is 3.69. The number of aryl methyl sites for hydroxylation is 1. The van der Waals surface area contributed by atoms with E-state index >= 15 is 0 Å². The van der Waals surface area contributed by atoms with Gasteiger partial charge in [-0.15, -0.1) is 0 Å². The summed E-state index contributed by atoms with van der Waals surface area (Å²) in [4.78, 5) is 19.0. The maximum atomic E-state index is 12.9. The van der Waals surface area contributed by atoms with Gasteiger partial charge in [-0.3, -0.25) is 4.79 Å². The number of halogens is 2. The van der Waals surface area contributed by atoms with E-state index in [1.165, 1.54) is 18.1 Å². The van der Waals surface area contributed by atoms with Crippen molar-refractivity contribution in [2.45, 2.75) is 26.7 Å². The van der Waals surface area contributed by atoms with Crippen molar-refractivity contribution in [1.82, 2.24) is 14.3 Å². The summed E-state index contributed by atoms with van der Waals surface area (Å²) in [5.41, 5.74) is 3.99. The summed E-state index contributed by atoms with van der Waals surface area (Å²) in [6, 6.07) is 15.4. The van der Waals surface area contributed by atoms with Gasteiger partial charge in [0.05, 0.1) is 12.8 Å². The van der Waals surface area contributed by atoms with E-state index in [0.717, 1.165) is 16.9 Å². The van der Waals surface area contributed by atoms with E-state index in [1.54, 1.807) is 43.4 Å². The molecule has 4 aromatic rings. The van der Waals surface area contributed by atoms with Gasteiger partial charge in [-0.1, -0.05) is 12.1 Å². The van der Waals surface area contributed by atoms with Crippen LogP contribution in [0.3, 0.4) is 0 Å². The van der Waals surface area contributed by atoms with Crippen LogP contribution in [0.2, 0.25) is 0 Å². The summed E-state index contributed by atoms with van der Waals surface area (Å²) in [6.07, 6.45) is 3.87. The number of hydrogen-bond donors (Lipinski definition) is 0. The number of rotatable bonds is 9. The van der Waals surface area contributed by atoms with Crippen molar-refractivity contribution in [3.63, 3.8) is 0 Å². The number of hydrogen-bond acceptors (Lipinski definition) is 5. The zero-order valence-corrected chi connectivity index (χ0v) is 19.6. The molecule has 0 atom stereocenters. The van der Waals surface area contributed by atoms with Crippen LogP contribution in [0.25, 0.3) is 5.65 Å². The lowest BCUT2D eigenvalue weighted by atomic mass is 10.1. The van der Waals surface area contributed by atoms with Crippen molar-refractivity contribution >= 4 is 11.6 Å². The average Bonchev–Trinajstić information content (AvgIpc) is 3.28. The lowest BCUT2D eigenvalue weighted by Gasteiger charge is -2.19. The first-order valence-electron chi connectivity index (χ1n) is 10.9. The van der Waals surface area contributed by atoms with E-state index in [-0.39, 0.29) is 24.0 Å². The van der Waals surface area contributed by atoms with E-state index in [2.05, 4.69) is 9.72 Å². The Morgan fingerprint density at radius 2 is 1.89 bits per heavy atom. The largest absolute Gasteiger partial charge is 0.493 e. The van der Waals surface area contributed by atoms with Crippen LogP contribution in [-0.2, 0) is 13.2 Å². The number of fused-ring (bicyclic) bond motifs is 1. The summed E-state index contributed by atoms with van der Waals surface area (Å²) < 4.78 is 42.4. The maximum absolute atomic E-state index is 12.9. The van der Waals surface area contributed by atoms with Gasteiger partial charge in [0.15, 0.2) is 11.5 Å². The number of methoxy groups -OCH3 is 1. The molecule has 2 aromatic carbocycles. The number of pyridine rings is 1. The van der Waals surface area contributed by atoms with E-state index in [0.29, 0.717) is 23.5 Å². The van der Waals surface area contributed by atoms with Gasteiger partial charge in [0.25, 0.3) is 5.91 Å². The molecule has 0 N–H and O–H groups in total. The van der Waals surface area contributed by atoms with E-state index in [1.807, 2.05) is 35.9 Å². The minimum atomic E-state index is -2.95. The van der Waals surface area contributed by atoms with Crippen molar-refractivity contribution < 1.29 is 27.8 Å². The molecule has 0 aliphatic carbocycles. The van der Waals surface area contributed by atoms with Gasteiger partial charge in [-0.05, 0) is 60.5 Å². The van der Waals surface area contributed by atoms with Crippen LogP contribution in [0.5, 0.6) is 17.2 Å². The number of carbonyl (C=O) groups is 1. The number of nitrogens with zero attached hydrogens (tertiary/aromatic N) is 3. The van der Waals surface area contributed by atoms with Crippen molar-refractivity contribution in [3.8, 4) is 17.2 Å². The monoisotopic (exact) mass is 481 g/mol. The first-order valence-corrected chi connectivity index (χ1v) is 10.9. The van der Waals surface area contributed by atoms with Crippen LogP contribution in [0.15, 0.2) is 67.0 Å². The highest BCUT2D eigenvalue weighted by atomic mass is 19.3. The topological polar surface area (TPSA) is 65.3 Å². The summed E-state index contributed by atoms with van der Waals surface area (Å²) in [6.45, 7) is -0.376. The molecular formula is C26H25F2N3O4. The Morgan fingerprint density at radius 3 is 2.57 bits per heavy atom. The lowest BCUT2D eigenvalue weighted by molar-refractivity contribution is -0.0512. The molecule has 0 unspecified atom stereocenters. The zero-order valence-electron chi connectivity index (χ0n) is 19.6. The third kappa shape index (κ3) is 5.68. The molecule has 2 heterocycles. The molecule has 9 heteroatoms. The fraction of sp³-hybridized carbons (Fsp3) is 0.231. The summed E-state index contributed by atoms with van der Waals surface area (Å²) in [5, 5.41) is 0. The quantitative estimate of drug-likeness (QED) is 0.333. The number of aromatic nitrogens is 2. The summed E-state index contributed by atoms with van der Waals surface area (Å²) in [5.74, 6) is 0.539. The fourth-order valence-electron chi connectivity index (χ4n) is 3.69. The second kappa shape index (κ2) is 10.4. The normalized spacial score (nSPS) is 11.0. The SMILES string of the molecule is COc1cc(CN(C)C(=O)c2ccc(OCc3cn4cccc(C)c4n3)cc2)ccc1OC(F)F.